The predicted molar refractivity (Wildman–Crippen MR) is 91.8 cm³/mol. The van der Waals surface area contributed by atoms with Gasteiger partial charge in [0.2, 0.25) is 0 Å². The number of anilines is 1. The molecule has 0 atom stereocenters. The highest BCUT2D eigenvalue weighted by Crippen LogP contribution is 2.34. The molecule has 25 heavy (non-hydrogen) atoms. The zero-order valence-corrected chi connectivity index (χ0v) is 13.4. The molecule has 0 saturated carbocycles. The second-order valence-corrected chi connectivity index (χ2v) is 5.20. The molecule has 0 aliphatic carbocycles. The number of aromatic carboxylic acids is 1. The van der Waals surface area contributed by atoms with Crippen molar-refractivity contribution in [2.45, 2.75) is 6.18 Å². The molecule has 0 spiro atoms. The van der Waals surface area contributed by atoms with E-state index in [1.807, 2.05) is 0 Å². The number of carboxylic acid groups (broad SMARTS) is 1. The van der Waals surface area contributed by atoms with E-state index in [0.29, 0.717) is 5.56 Å². The van der Waals surface area contributed by atoms with Gasteiger partial charge in [0, 0.05) is 0 Å². The van der Waals surface area contributed by atoms with Gasteiger partial charge in [-0.2, -0.15) is 18.3 Å². The summed E-state index contributed by atoms with van der Waals surface area (Å²) in [4.78, 5) is 10.7. The van der Waals surface area contributed by atoms with Crippen molar-refractivity contribution in [3.63, 3.8) is 0 Å². The summed E-state index contributed by atoms with van der Waals surface area (Å²) in [5.41, 5.74) is 2.10. The molecule has 0 aliphatic heterocycles. The van der Waals surface area contributed by atoms with Crippen molar-refractivity contribution in [2.24, 2.45) is 5.10 Å². The smallest absolute Gasteiger partial charge is 0.418 e. The van der Waals surface area contributed by atoms with Gasteiger partial charge in [0.05, 0.1) is 23.0 Å². The van der Waals surface area contributed by atoms with Gasteiger partial charge in [-0.3, -0.25) is 5.43 Å². The lowest BCUT2D eigenvalue weighted by Gasteiger charge is -2.14. The molecule has 2 aromatic rings. The Morgan fingerprint density at radius 1 is 1.12 bits per heavy atom. The van der Waals surface area contributed by atoms with Crippen molar-refractivity contribution >= 4 is 35.2 Å². The Kier molecular flexibility index (Phi) is 5.71. The average Bonchev–Trinajstić information content (AvgIpc) is 2.55. The Labute approximate surface area is 146 Å². The lowest BCUT2D eigenvalue weighted by molar-refractivity contribution is -0.136. The molecule has 130 valence electrons. The Hall–Kier alpha value is -2.94. The number of para-hydroxylation sites is 1. The number of thiocarbonyl (C=S) groups is 1. The SMILES string of the molecule is O=C(O)c1ccc(/C=N/NC(=S)Nc2ccccc2C(F)(F)F)cc1. The first-order valence-corrected chi connectivity index (χ1v) is 7.28. The maximum atomic E-state index is 12.9. The number of carboxylic acids is 1. The first-order chi connectivity index (χ1) is 11.8. The third-order valence-electron chi connectivity index (χ3n) is 3.02. The number of hydrogen-bond donors (Lipinski definition) is 3. The third kappa shape index (κ3) is 5.28. The van der Waals surface area contributed by atoms with Crippen LogP contribution in [0.2, 0.25) is 0 Å². The molecule has 2 rings (SSSR count). The van der Waals surface area contributed by atoms with Crippen LogP contribution in [0.4, 0.5) is 18.9 Å². The molecule has 0 aliphatic rings. The zero-order chi connectivity index (χ0) is 18.4. The first kappa shape index (κ1) is 18.4. The average molecular weight is 367 g/mol. The Morgan fingerprint density at radius 3 is 2.36 bits per heavy atom. The van der Waals surface area contributed by atoms with E-state index in [1.54, 1.807) is 0 Å². The van der Waals surface area contributed by atoms with E-state index in [4.69, 9.17) is 17.3 Å². The van der Waals surface area contributed by atoms with E-state index >= 15 is 0 Å². The van der Waals surface area contributed by atoms with Crippen molar-refractivity contribution in [3.05, 3.63) is 65.2 Å². The van der Waals surface area contributed by atoms with Crippen LogP contribution in [0.15, 0.2) is 53.6 Å². The van der Waals surface area contributed by atoms with Crippen LogP contribution in [0.1, 0.15) is 21.5 Å². The minimum atomic E-state index is -4.51. The highest BCUT2D eigenvalue weighted by atomic mass is 32.1. The van der Waals surface area contributed by atoms with E-state index in [2.05, 4.69) is 15.8 Å². The van der Waals surface area contributed by atoms with Gasteiger partial charge in [-0.25, -0.2) is 4.79 Å². The standard InChI is InChI=1S/C16H12F3N3O2S/c17-16(18,19)12-3-1-2-4-13(12)21-15(25)22-20-9-10-5-7-11(8-6-10)14(23)24/h1-9H,(H,23,24)(H2,21,22,25)/b20-9+. The van der Waals surface area contributed by atoms with Crippen LogP contribution in [0.25, 0.3) is 0 Å². The molecule has 0 heterocycles. The normalized spacial score (nSPS) is 11.3. The minimum Gasteiger partial charge on any atom is -0.478 e. The molecule has 0 amide bonds. The fraction of sp³-hybridized carbons (Fsp3) is 0.0625. The van der Waals surface area contributed by atoms with Crippen LogP contribution >= 0.6 is 12.2 Å². The van der Waals surface area contributed by atoms with Crippen molar-refractivity contribution in [1.29, 1.82) is 0 Å². The van der Waals surface area contributed by atoms with Crippen molar-refractivity contribution in [1.82, 2.24) is 5.43 Å². The zero-order valence-electron chi connectivity index (χ0n) is 12.5. The molecular formula is C16H12F3N3O2S. The van der Waals surface area contributed by atoms with Gasteiger partial charge in [-0.05, 0) is 42.0 Å². The molecular weight excluding hydrogens is 355 g/mol. The molecule has 0 radical (unpaired) electrons. The summed E-state index contributed by atoms with van der Waals surface area (Å²) in [5, 5.41) is 14.9. The van der Waals surface area contributed by atoms with Crippen molar-refractivity contribution in [3.8, 4) is 0 Å². The van der Waals surface area contributed by atoms with E-state index in [-0.39, 0.29) is 16.4 Å². The summed E-state index contributed by atoms with van der Waals surface area (Å²) >= 11 is 4.91. The van der Waals surface area contributed by atoms with Crippen LogP contribution < -0.4 is 10.7 Å². The Balaban J connectivity index is 1.98. The monoisotopic (exact) mass is 367 g/mol. The maximum Gasteiger partial charge on any atom is 0.418 e. The highest BCUT2D eigenvalue weighted by Gasteiger charge is 2.33. The number of nitrogens with zero attached hydrogens (tertiary/aromatic N) is 1. The molecule has 2 aromatic carbocycles. The summed E-state index contributed by atoms with van der Waals surface area (Å²) in [6.07, 6.45) is -3.15. The number of carbonyl (C=O) groups is 1. The van der Waals surface area contributed by atoms with Crippen LogP contribution in [-0.2, 0) is 6.18 Å². The molecule has 5 nitrogen and oxygen atoms in total. The number of benzene rings is 2. The largest absolute Gasteiger partial charge is 0.478 e. The predicted octanol–water partition coefficient (Wildman–Crippen LogP) is 3.72. The van der Waals surface area contributed by atoms with E-state index in [1.165, 1.54) is 48.7 Å². The van der Waals surface area contributed by atoms with Gasteiger partial charge >= 0.3 is 12.1 Å². The molecule has 0 saturated heterocycles. The second-order valence-electron chi connectivity index (χ2n) is 4.79. The van der Waals surface area contributed by atoms with E-state index in [0.717, 1.165) is 6.07 Å². The molecule has 0 fully saturated rings. The van der Waals surface area contributed by atoms with Crippen LogP contribution in [-0.4, -0.2) is 22.4 Å². The quantitative estimate of drug-likeness (QED) is 0.436. The molecule has 9 heteroatoms. The van der Waals surface area contributed by atoms with Crippen molar-refractivity contribution < 1.29 is 23.1 Å². The Morgan fingerprint density at radius 2 is 1.76 bits per heavy atom. The van der Waals surface area contributed by atoms with E-state index < -0.39 is 17.7 Å². The van der Waals surface area contributed by atoms with Crippen molar-refractivity contribution in [2.75, 3.05) is 5.32 Å². The highest BCUT2D eigenvalue weighted by molar-refractivity contribution is 7.80. The number of halogens is 3. The number of rotatable bonds is 4. The Bertz CT molecular complexity index is 805. The first-order valence-electron chi connectivity index (χ1n) is 6.87. The third-order valence-corrected chi connectivity index (χ3v) is 3.21. The summed E-state index contributed by atoms with van der Waals surface area (Å²) in [7, 11) is 0. The van der Waals surface area contributed by atoms with Gasteiger partial charge in [0.15, 0.2) is 5.11 Å². The lowest BCUT2D eigenvalue weighted by atomic mass is 10.1. The van der Waals surface area contributed by atoms with Crippen LogP contribution in [0.5, 0.6) is 0 Å². The second kappa shape index (κ2) is 7.75. The minimum absolute atomic E-state index is 0.116. The number of hydrogen-bond acceptors (Lipinski definition) is 3. The topological polar surface area (TPSA) is 73.7 Å². The maximum absolute atomic E-state index is 12.9. The molecule has 3 N–H and O–H groups in total. The molecule has 0 unspecified atom stereocenters. The number of nitrogens with one attached hydrogen (secondary N) is 2. The summed E-state index contributed by atoms with van der Waals surface area (Å²) in [6.45, 7) is 0. The molecule has 0 bridgehead atoms. The number of hydrazone groups is 1. The van der Waals surface area contributed by atoms with Gasteiger partial charge < -0.3 is 10.4 Å². The fourth-order valence-electron chi connectivity index (χ4n) is 1.87. The van der Waals surface area contributed by atoms with Gasteiger partial charge in [-0.1, -0.05) is 24.3 Å². The van der Waals surface area contributed by atoms with Crippen LogP contribution in [0, 0.1) is 0 Å². The molecule has 0 aromatic heterocycles. The van der Waals surface area contributed by atoms with E-state index in [9.17, 15) is 18.0 Å². The lowest BCUT2D eigenvalue weighted by Crippen LogP contribution is -2.25. The number of alkyl halides is 3. The summed E-state index contributed by atoms with van der Waals surface area (Å²) < 4.78 is 38.7. The summed E-state index contributed by atoms with van der Waals surface area (Å²) in [6, 6.07) is 10.8. The van der Waals surface area contributed by atoms with Crippen LogP contribution in [0.3, 0.4) is 0 Å². The summed E-state index contributed by atoms with van der Waals surface area (Å²) in [5.74, 6) is -1.05. The van der Waals surface area contributed by atoms with Gasteiger partial charge in [0.1, 0.15) is 0 Å². The fourth-order valence-corrected chi connectivity index (χ4v) is 2.03. The van der Waals surface area contributed by atoms with Gasteiger partial charge in [0.25, 0.3) is 0 Å². The van der Waals surface area contributed by atoms with Gasteiger partial charge in [-0.15, -0.1) is 0 Å².